The van der Waals surface area contributed by atoms with Gasteiger partial charge in [0.2, 0.25) is 0 Å². The molecular formula is C14H22N2O. The number of aromatic nitrogens is 2. The Kier molecular flexibility index (Phi) is 2.95. The lowest BCUT2D eigenvalue weighted by atomic mass is 9.84. The highest BCUT2D eigenvalue weighted by atomic mass is 16.3. The molecule has 2 bridgehead atoms. The maximum absolute atomic E-state index is 10.2. The Labute approximate surface area is 103 Å². The van der Waals surface area contributed by atoms with Crippen LogP contribution >= 0.6 is 0 Å². The molecule has 2 aliphatic rings. The number of aliphatic hydroxyl groups is 1. The fourth-order valence-electron chi connectivity index (χ4n) is 3.90. The summed E-state index contributed by atoms with van der Waals surface area (Å²) in [6, 6.07) is 0. The largest absolute Gasteiger partial charge is 0.393 e. The topological polar surface area (TPSA) is 38.0 Å². The van der Waals surface area contributed by atoms with Gasteiger partial charge < -0.3 is 9.67 Å². The van der Waals surface area contributed by atoms with Crippen LogP contribution in [0.1, 0.15) is 37.9 Å². The molecular weight excluding hydrogens is 212 g/mol. The van der Waals surface area contributed by atoms with E-state index in [2.05, 4.69) is 4.98 Å². The lowest BCUT2D eigenvalue weighted by molar-refractivity contribution is 0.122. The molecule has 0 radical (unpaired) electrons. The molecule has 0 aromatic carbocycles. The quantitative estimate of drug-likeness (QED) is 0.867. The van der Waals surface area contributed by atoms with E-state index in [-0.39, 0.29) is 6.10 Å². The Balaban J connectivity index is 1.54. The van der Waals surface area contributed by atoms with Crippen molar-refractivity contribution in [3.8, 4) is 0 Å². The minimum atomic E-state index is -0.208. The van der Waals surface area contributed by atoms with Gasteiger partial charge in [0.15, 0.2) is 0 Å². The van der Waals surface area contributed by atoms with E-state index in [4.69, 9.17) is 0 Å². The Morgan fingerprint density at radius 3 is 2.94 bits per heavy atom. The summed E-state index contributed by atoms with van der Waals surface area (Å²) in [7, 11) is 1.99. The zero-order chi connectivity index (χ0) is 11.8. The van der Waals surface area contributed by atoms with Crippen LogP contribution in [0.15, 0.2) is 12.4 Å². The van der Waals surface area contributed by atoms with Gasteiger partial charge in [-0.1, -0.05) is 6.42 Å². The normalized spacial score (nSPS) is 33.2. The summed E-state index contributed by atoms with van der Waals surface area (Å²) >= 11 is 0. The lowest BCUT2D eigenvalue weighted by Gasteiger charge is -2.24. The summed E-state index contributed by atoms with van der Waals surface area (Å²) < 4.78 is 2.00. The van der Waals surface area contributed by atoms with Gasteiger partial charge in [-0.3, -0.25) is 0 Å². The summed E-state index contributed by atoms with van der Waals surface area (Å²) in [5.41, 5.74) is 0. The molecule has 0 amide bonds. The van der Waals surface area contributed by atoms with Gasteiger partial charge in [-0.2, -0.15) is 0 Å². The van der Waals surface area contributed by atoms with E-state index in [0.29, 0.717) is 6.42 Å². The Bertz CT molecular complexity index is 387. The SMILES string of the molecule is Cn1ccnc1CC(O)CC1CC2CCC1C2. The zero-order valence-electron chi connectivity index (χ0n) is 10.5. The average molecular weight is 234 g/mol. The molecule has 2 saturated carbocycles. The van der Waals surface area contributed by atoms with Crippen molar-refractivity contribution in [3.63, 3.8) is 0 Å². The first-order valence-electron chi connectivity index (χ1n) is 6.86. The number of hydrogen-bond donors (Lipinski definition) is 1. The number of rotatable bonds is 4. The summed E-state index contributed by atoms with van der Waals surface area (Å²) in [4.78, 5) is 4.28. The minimum Gasteiger partial charge on any atom is -0.393 e. The monoisotopic (exact) mass is 234 g/mol. The molecule has 94 valence electrons. The number of nitrogens with zero attached hydrogens (tertiary/aromatic N) is 2. The molecule has 1 N–H and O–H groups in total. The van der Waals surface area contributed by atoms with Crippen molar-refractivity contribution >= 4 is 0 Å². The molecule has 0 spiro atoms. The van der Waals surface area contributed by atoms with Gasteiger partial charge in [0, 0.05) is 25.9 Å². The second-order valence-corrected chi connectivity index (χ2v) is 5.98. The molecule has 3 rings (SSSR count). The van der Waals surface area contributed by atoms with Gasteiger partial charge in [0.05, 0.1) is 6.10 Å². The van der Waals surface area contributed by atoms with Crippen LogP contribution in [-0.2, 0) is 13.5 Å². The molecule has 3 nitrogen and oxygen atoms in total. The smallest absolute Gasteiger partial charge is 0.110 e. The van der Waals surface area contributed by atoms with Crippen LogP contribution in [0.4, 0.5) is 0 Å². The molecule has 2 aliphatic carbocycles. The van der Waals surface area contributed by atoms with Crippen LogP contribution in [0.25, 0.3) is 0 Å². The molecule has 1 aromatic heterocycles. The van der Waals surface area contributed by atoms with Gasteiger partial charge >= 0.3 is 0 Å². The molecule has 4 atom stereocenters. The number of aryl methyl sites for hydroxylation is 1. The number of imidazole rings is 1. The maximum Gasteiger partial charge on any atom is 0.110 e. The van der Waals surface area contributed by atoms with Crippen molar-refractivity contribution < 1.29 is 5.11 Å². The highest BCUT2D eigenvalue weighted by molar-refractivity contribution is 4.95. The van der Waals surface area contributed by atoms with Gasteiger partial charge in [0.1, 0.15) is 5.82 Å². The fraction of sp³-hybridized carbons (Fsp3) is 0.786. The third kappa shape index (κ3) is 2.25. The van der Waals surface area contributed by atoms with Gasteiger partial charge in [0.25, 0.3) is 0 Å². The van der Waals surface area contributed by atoms with E-state index in [1.165, 1.54) is 25.7 Å². The average Bonchev–Trinajstić information content (AvgIpc) is 2.96. The molecule has 2 fully saturated rings. The standard InChI is InChI=1S/C14H22N2O/c1-16-5-4-15-14(16)9-13(17)8-12-7-10-2-3-11(12)6-10/h4-5,10-13,17H,2-3,6-9H2,1H3. The van der Waals surface area contributed by atoms with Crippen molar-refractivity contribution in [2.24, 2.45) is 24.8 Å². The molecule has 3 heteroatoms. The summed E-state index contributed by atoms with van der Waals surface area (Å²) in [5, 5.41) is 10.2. The second-order valence-electron chi connectivity index (χ2n) is 5.98. The van der Waals surface area contributed by atoms with Crippen LogP contribution in [0.2, 0.25) is 0 Å². The fourth-order valence-corrected chi connectivity index (χ4v) is 3.90. The van der Waals surface area contributed by atoms with Gasteiger partial charge in [-0.25, -0.2) is 4.98 Å². The van der Waals surface area contributed by atoms with Crippen molar-refractivity contribution in [1.82, 2.24) is 9.55 Å². The summed E-state index contributed by atoms with van der Waals surface area (Å²) in [5.74, 6) is 3.67. The summed E-state index contributed by atoms with van der Waals surface area (Å²) in [6.45, 7) is 0. The molecule has 17 heavy (non-hydrogen) atoms. The molecule has 1 heterocycles. The lowest BCUT2D eigenvalue weighted by Crippen LogP contribution is -2.21. The third-order valence-electron chi connectivity index (χ3n) is 4.80. The Hall–Kier alpha value is -0.830. The molecule has 1 aromatic rings. The van der Waals surface area contributed by atoms with Gasteiger partial charge in [-0.15, -0.1) is 0 Å². The van der Waals surface area contributed by atoms with Crippen molar-refractivity contribution in [2.45, 2.75) is 44.6 Å². The predicted molar refractivity (Wildman–Crippen MR) is 66.5 cm³/mol. The highest BCUT2D eigenvalue weighted by Crippen LogP contribution is 2.49. The second kappa shape index (κ2) is 4.45. The highest BCUT2D eigenvalue weighted by Gasteiger charge is 2.39. The van der Waals surface area contributed by atoms with Crippen LogP contribution in [0.3, 0.4) is 0 Å². The van der Waals surface area contributed by atoms with E-state index < -0.39 is 0 Å². The van der Waals surface area contributed by atoms with E-state index in [1.54, 1.807) is 6.20 Å². The van der Waals surface area contributed by atoms with Gasteiger partial charge in [-0.05, 0) is 43.4 Å². The number of hydrogen-bond acceptors (Lipinski definition) is 2. The zero-order valence-corrected chi connectivity index (χ0v) is 10.5. The molecule has 0 saturated heterocycles. The maximum atomic E-state index is 10.2. The third-order valence-corrected chi connectivity index (χ3v) is 4.80. The first-order valence-corrected chi connectivity index (χ1v) is 6.86. The number of fused-ring (bicyclic) bond motifs is 2. The summed E-state index contributed by atoms with van der Waals surface area (Å²) in [6.07, 6.45) is 10.9. The van der Waals surface area contributed by atoms with Crippen molar-refractivity contribution in [1.29, 1.82) is 0 Å². The van der Waals surface area contributed by atoms with E-state index in [1.807, 2.05) is 17.8 Å². The molecule has 4 unspecified atom stereocenters. The van der Waals surface area contributed by atoms with Crippen molar-refractivity contribution in [2.75, 3.05) is 0 Å². The Morgan fingerprint density at radius 2 is 2.35 bits per heavy atom. The van der Waals surface area contributed by atoms with E-state index >= 15 is 0 Å². The first-order chi connectivity index (χ1) is 8.22. The first kappa shape index (κ1) is 11.3. The molecule has 0 aliphatic heterocycles. The minimum absolute atomic E-state index is 0.208. The van der Waals surface area contributed by atoms with Crippen LogP contribution in [0, 0.1) is 17.8 Å². The van der Waals surface area contributed by atoms with E-state index in [0.717, 1.165) is 30.0 Å². The predicted octanol–water partition coefficient (Wildman–Crippen LogP) is 2.15. The van der Waals surface area contributed by atoms with E-state index in [9.17, 15) is 5.11 Å². The Morgan fingerprint density at radius 1 is 1.47 bits per heavy atom. The van der Waals surface area contributed by atoms with Crippen LogP contribution in [0.5, 0.6) is 0 Å². The number of aliphatic hydroxyl groups excluding tert-OH is 1. The van der Waals surface area contributed by atoms with Crippen molar-refractivity contribution in [3.05, 3.63) is 18.2 Å². The van der Waals surface area contributed by atoms with Crippen LogP contribution < -0.4 is 0 Å². The van der Waals surface area contributed by atoms with Crippen LogP contribution in [-0.4, -0.2) is 20.8 Å².